The van der Waals surface area contributed by atoms with Crippen LogP contribution in [0, 0.1) is 0 Å². The summed E-state index contributed by atoms with van der Waals surface area (Å²) in [5.41, 5.74) is 0. The molecular weight excluding hydrogens is 194 g/mol. The van der Waals surface area contributed by atoms with Crippen molar-refractivity contribution in [1.29, 1.82) is 0 Å². The Balaban J connectivity index is 2.11. The third-order valence-electron chi connectivity index (χ3n) is 2.52. The van der Waals surface area contributed by atoms with E-state index in [2.05, 4.69) is 17.3 Å². The van der Waals surface area contributed by atoms with Gasteiger partial charge >= 0.3 is 6.09 Å². The number of carbonyl (C=O) groups is 1. The highest BCUT2D eigenvalue weighted by molar-refractivity contribution is 5.67. The average Bonchev–Trinajstić information content (AvgIpc) is 2.25. The van der Waals surface area contributed by atoms with Gasteiger partial charge in [0.1, 0.15) is 6.61 Å². The van der Waals surface area contributed by atoms with Crippen molar-refractivity contribution in [2.45, 2.75) is 6.92 Å². The molecule has 1 rings (SSSR count). The Morgan fingerprint density at radius 2 is 2.00 bits per heavy atom. The van der Waals surface area contributed by atoms with Gasteiger partial charge in [0.05, 0.1) is 0 Å². The Bertz CT molecular complexity index is 191. The molecule has 15 heavy (non-hydrogen) atoms. The Hall–Kier alpha value is -0.810. The van der Waals surface area contributed by atoms with Gasteiger partial charge < -0.3 is 19.9 Å². The molecule has 0 radical (unpaired) electrons. The molecule has 0 aromatic carbocycles. The second kappa shape index (κ2) is 6.63. The molecule has 5 nitrogen and oxygen atoms in total. The number of ether oxygens (including phenoxy) is 1. The summed E-state index contributed by atoms with van der Waals surface area (Å²) in [6.07, 6.45) is -0.180. The summed E-state index contributed by atoms with van der Waals surface area (Å²) in [7, 11) is 2.06. The second-order valence-electron chi connectivity index (χ2n) is 3.76. The van der Waals surface area contributed by atoms with E-state index in [1.54, 1.807) is 4.90 Å². The van der Waals surface area contributed by atoms with Crippen molar-refractivity contribution in [3.8, 4) is 0 Å². The Labute approximate surface area is 91.4 Å². The van der Waals surface area contributed by atoms with Gasteiger partial charge in [0.15, 0.2) is 0 Å². The molecule has 0 unspecified atom stereocenters. The van der Waals surface area contributed by atoms with Gasteiger partial charge in [0.25, 0.3) is 0 Å². The molecular formula is C10H21N3O2. The number of likely N-dealkylation sites (N-methyl/N-ethyl adjacent to an activating group) is 2. The number of nitrogens with one attached hydrogen (secondary N) is 1. The number of amides is 1. The molecule has 0 aliphatic carbocycles. The van der Waals surface area contributed by atoms with Gasteiger partial charge in [-0.3, -0.25) is 0 Å². The SMILES string of the molecule is CCNCCOC(=O)N1CCN(C)CC1. The lowest BCUT2D eigenvalue weighted by atomic mass is 10.3. The molecule has 1 fully saturated rings. The first-order valence-corrected chi connectivity index (χ1v) is 5.55. The highest BCUT2D eigenvalue weighted by atomic mass is 16.6. The van der Waals surface area contributed by atoms with E-state index in [9.17, 15) is 4.79 Å². The molecule has 1 amide bonds. The van der Waals surface area contributed by atoms with Gasteiger partial charge in [0.2, 0.25) is 0 Å². The molecule has 1 aliphatic rings. The maximum Gasteiger partial charge on any atom is 0.409 e. The molecule has 0 spiro atoms. The van der Waals surface area contributed by atoms with E-state index in [1.807, 2.05) is 6.92 Å². The van der Waals surface area contributed by atoms with E-state index in [0.29, 0.717) is 6.61 Å². The van der Waals surface area contributed by atoms with Crippen LogP contribution in [0.3, 0.4) is 0 Å². The maximum absolute atomic E-state index is 11.5. The predicted molar refractivity (Wildman–Crippen MR) is 59.0 cm³/mol. The molecule has 0 saturated carbocycles. The van der Waals surface area contributed by atoms with E-state index in [4.69, 9.17) is 4.74 Å². The van der Waals surface area contributed by atoms with Crippen molar-refractivity contribution in [3.05, 3.63) is 0 Å². The van der Waals surface area contributed by atoms with Crippen molar-refractivity contribution < 1.29 is 9.53 Å². The van der Waals surface area contributed by atoms with Crippen LogP contribution in [0.4, 0.5) is 4.79 Å². The summed E-state index contributed by atoms with van der Waals surface area (Å²) >= 11 is 0. The topological polar surface area (TPSA) is 44.8 Å². The van der Waals surface area contributed by atoms with Crippen LogP contribution in [0.5, 0.6) is 0 Å². The molecule has 5 heteroatoms. The second-order valence-corrected chi connectivity index (χ2v) is 3.76. The van der Waals surface area contributed by atoms with E-state index >= 15 is 0 Å². The van der Waals surface area contributed by atoms with Crippen LogP contribution in [-0.4, -0.2) is 68.8 Å². The first-order valence-electron chi connectivity index (χ1n) is 5.55. The number of nitrogens with zero attached hydrogens (tertiary/aromatic N) is 2. The third-order valence-corrected chi connectivity index (χ3v) is 2.52. The van der Waals surface area contributed by atoms with Gasteiger partial charge in [-0.1, -0.05) is 6.92 Å². The Morgan fingerprint density at radius 1 is 1.33 bits per heavy atom. The monoisotopic (exact) mass is 215 g/mol. The average molecular weight is 215 g/mol. The van der Waals surface area contributed by atoms with Crippen LogP contribution < -0.4 is 5.32 Å². The Morgan fingerprint density at radius 3 is 2.60 bits per heavy atom. The van der Waals surface area contributed by atoms with Crippen molar-refractivity contribution in [2.24, 2.45) is 0 Å². The minimum absolute atomic E-state index is 0.180. The zero-order valence-corrected chi connectivity index (χ0v) is 9.66. The van der Waals surface area contributed by atoms with Crippen LogP contribution in [0.25, 0.3) is 0 Å². The van der Waals surface area contributed by atoms with Crippen LogP contribution in [0.1, 0.15) is 6.92 Å². The largest absolute Gasteiger partial charge is 0.448 e. The number of piperazine rings is 1. The van der Waals surface area contributed by atoms with Crippen molar-refractivity contribution >= 4 is 6.09 Å². The molecule has 1 heterocycles. The molecule has 88 valence electrons. The summed E-state index contributed by atoms with van der Waals surface area (Å²) in [6, 6.07) is 0. The zero-order valence-electron chi connectivity index (χ0n) is 9.66. The van der Waals surface area contributed by atoms with Crippen molar-refractivity contribution in [3.63, 3.8) is 0 Å². The zero-order chi connectivity index (χ0) is 11.1. The number of carbonyl (C=O) groups excluding carboxylic acids is 1. The van der Waals surface area contributed by atoms with Crippen molar-refractivity contribution in [2.75, 3.05) is 52.9 Å². The van der Waals surface area contributed by atoms with Crippen molar-refractivity contribution in [1.82, 2.24) is 15.1 Å². The Kier molecular flexibility index (Phi) is 5.42. The van der Waals surface area contributed by atoms with Crippen LogP contribution in [-0.2, 0) is 4.74 Å². The van der Waals surface area contributed by atoms with Gasteiger partial charge in [-0.2, -0.15) is 0 Å². The standard InChI is InChI=1S/C10H21N3O2/c1-3-11-4-9-15-10(14)13-7-5-12(2)6-8-13/h11H,3-9H2,1-2H3. The van der Waals surface area contributed by atoms with E-state index in [0.717, 1.165) is 39.3 Å². The molecule has 0 aromatic heterocycles. The summed E-state index contributed by atoms with van der Waals surface area (Å²) in [4.78, 5) is 15.5. The van der Waals surface area contributed by atoms with Gasteiger partial charge in [-0.15, -0.1) is 0 Å². The van der Waals surface area contributed by atoms with E-state index in [1.165, 1.54) is 0 Å². The first-order chi connectivity index (χ1) is 7.24. The lowest BCUT2D eigenvalue weighted by molar-refractivity contribution is 0.0825. The summed E-state index contributed by atoms with van der Waals surface area (Å²) in [6.45, 7) is 7.54. The summed E-state index contributed by atoms with van der Waals surface area (Å²) in [5.74, 6) is 0. The lowest BCUT2D eigenvalue weighted by Gasteiger charge is -2.31. The van der Waals surface area contributed by atoms with Gasteiger partial charge in [-0.25, -0.2) is 4.79 Å². The smallest absolute Gasteiger partial charge is 0.409 e. The fourth-order valence-electron chi connectivity index (χ4n) is 1.47. The summed E-state index contributed by atoms with van der Waals surface area (Å²) < 4.78 is 5.12. The normalized spacial score (nSPS) is 17.9. The number of rotatable bonds is 4. The molecule has 0 aromatic rings. The molecule has 1 N–H and O–H groups in total. The van der Waals surface area contributed by atoms with Crippen LogP contribution >= 0.6 is 0 Å². The minimum atomic E-state index is -0.180. The van der Waals surface area contributed by atoms with Crippen LogP contribution in [0.2, 0.25) is 0 Å². The lowest BCUT2D eigenvalue weighted by Crippen LogP contribution is -2.47. The quantitative estimate of drug-likeness (QED) is 0.669. The molecule has 1 saturated heterocycles. The fourth-order valence-corrected chi connectivity index (χ4v) is 1.47. The molecule has 0 bridgehead atoms. The highest BCUT2D eigenvalue weighted by Gasteiger charge is 2.19. The maximum atomic E-state index is 11.5. The highest BCUT2D eigenvalue weighted by Crippen LogP contribution is 2.01. The third kappa shape index (κ3) is 4.48. The van der Waals surface area contributed by atoms with Gasteiger partial charge in [0, 0.05) is 32.7 Å². The summed E-state index contributed by atoms with van der Waals surface area (Å²) in [5, 5.41) is 3.11. The van der Waals surface area contributed by atoms with E-state index < -0.39 is 0 Å². The molecule has 1 aliphatic heterocycles. The predicted octanol–water partition coefficient (Wildman–Crippen LogP) is -0.0201. The van der Waals surface area contributed by atoms with E-state index in [-0.39, 0.29) is 6.09 Å². The van der Waals surface area contributed by atoms with Crippen LogP contribution in [0.15, 0.2) is 0 Å². The molecule has 0 atom stereocenters. The first kappa shape index (κ1) is 12.3. The van der Waals surface area contributed by atoms with Gasteiger partial charge in [-0.05, 0) is 13.6 Å². The fraction of sp³-hybridized carbons (Fsp3) is 0.900. The number of hydrogen-bond donors (Lipinski definition) is 1. The number of hydrogen-bond acceptors (Lipinski definition) is 4. The minimum Gasteiger partial charge on any atom is -0.448 e.